The molecule has 1 aromatic rings. The van der Waals surface area contributed by atoms with Crippen molar-refractivity contribution in [1.29, 1.82) is 0 Å². The van der Waals surface area contributed by atoms with Gasteiger partial charge in [-0.1, -0.05) is 65.0 Å². The maximum atomic E-state index is 12.0. The summed E-state index contributed by atoms with van der Waals surface area (Å²) in [6.07, 6.45) is 7.81. The van der Waals surface area contributed by atoms with E-state index in [4.69, 9.17) is 9.47 Å². The number of rotatable bonds is 12. The summed E-state index contributed by atoms with van der Waals surface area (Å²) in [6.45, 7) is 6.47. The maximum absolute atomic E-state index is 12.0. The smallest absolute Gasteiger partial charge is 0.311 e. The van der Waals surface area contributed by atoms with Gasteiger partial charge in [0.2, 0.25) is 0 Å². The third-order valence-electron chi connectivity index (χ3n) is 3.94. The fourth-order valence-corrected chi connectivity index (χ4v) is 2.48. The molecule has 0 saturated heterocycles. The van der Waals surface area contributed by atoms with Crippen LogP contribution in [0.15, 0.2) is 24.3 Å². The van der Waals surface area contributed by atoms with E-state index in [2.05, 4.69) is 20.8 Å². The van der Waals surface area contributed by atoms with Gasteiger partial charge in [-0.05, 0) is 30.9 Å². The molecule has 0 spiro atoms. The van der Waals surface area contributed by atoms with Crippen LogP contribution < -0.4 is 9.47 Å². The lowest BCUT2D eigenvalue weighted by atomic mass is 10.1. The van der Waals surface area contributed by atoms with Crippen molar-refractivity contribution in [2.45, 2.75) is 78.6 Å². The summed E-state index contributed by atoms with van der Waals surface area (Å²) in [5.74, 6) is 0.719. The second-order valence-electron chi connectivity index (χ2n) is 6.85. The van der Waals surface area contributed by atoms with E-state index in [1.54, 1.807) is 24.3 Å². The molecule has 0 N–H and O–H groups in total. The van der Waals surface area contributed by atoms with Gasteiger partial charge in [-0.15, -0.1) is 0 Å². The van der Waals surface area contributed by atoms with Crippen LogP contribution in [0, 0.1) is 5.92 Å². The van der Waals surface area contributed by atoms with Gasteiger partial charge in [0, 0.05) is 12.8 Å². The maximum Gasteiger partial charge on any atom is 0.311 e. The minimum Gasteiger partial charge on any atom is -0.423 e. The Morgan fingerprint density at radius 3 is 1.84 bits per heavy atom. The predicted octanol–water partition coefficient (Wildman–Crippen LogP) is 5.68. The zero-order valence-electron chi connectivity index (χ0n) is 15.9. The summed E-state index contributed by atoms with van der Waals surface area (Å²) >= 11 is 0. The second-order valence-corrected chi connectivity index (χ2v) is 6.85. The summed E-state index contributed by atoms with van der Waals surface area (Å²) in [7, 11) is 0. The van der Waals surface area contributed by atoms with Crippen LogP contribution >= 0.6 is 0 Å². The fraction of sp³-hybridized carbons (Fsp3) is 0.619. The number of unbranched alkanes of at least 4 members (excludes halogenated alkanes) is 4. The van der Waals surface area contributed by atoms with Crippen LogP contribution in [0.25, 0.3) is 0 Å². The highest BCUT2D eigenvalue weighted by molar-refractivity contribution is 5.76. The number of para-hydroxylation sites is 2. The van der Waals surface area contributed by atoms with Gasteiger partial charge in [-0.3, -0.25) is 9.59 Å². The Morgan fingerprint density at radius 1 is 0.840 bits per heavy atom. The molecule has 0 heterocycles. The lowest BCUT2D eigenvalue weighted by molar-refractivity contribution is -0.137. The molecule has 140 valence electrons. The number of esters is 2. The molecule has 0 aliphatic heterocycles. The average molecular weight is 348 g/mol. The van der Waals surface area contributed by atoms with Gasteiger partial charge in [0.05, 0.1) is 0 Å². The molecule has 4 heteroatoms. The third kappa shape index (κ3) is 9.90. The van der Waals surface area contributed by atoms with Crippen molar-refractivity contribution in [3.05, 3.63) is 24.3 Å². The predicted molar refractivity (Wildman–Crippen MR) is 99.8 cm³/mol. The molecule has 1 rings (SSSR count). The molecule has 4 nitrogen and oxygen atoms in total. The van der Waals surface area contributed by atoms with E-state index in [0.29, 0.717) is 30.3 Å². The lowest BCUT2D eigenvalue weighted by Crippen LogP contribution is -2.12. The minimum absolute atomic E-state index is 0.281. The van der Waals surface area contributed by atoms with E-state index >= 15 is 0 Å². The molecular formula is C21H32O4. The molecule has 0 aliphatic carbocycles. The lowest BCUT2D eigenvalue weighted by Gasteiger charge is -2.10. The minimum atomic E-state index is -0.282. The van der Waals surface area contributed by atoms with Crippen molar-refractivity contribution >= 4 is 11.9 Å². The van der Waals surface area contributed by atoms with Gasteiger partial charge in [-0.25, -0.2) is 0 Å². The molecule has 0 atom stereocenters. The largest absolute Gasteiger partial charge is 0.423 e. The Balaban J connectivity index is 2.44. The molecule has 0 aliphatic rings. The Morgan fingerprint density at radius 2 is 1.36 bits per heavy atom. The summed E-state index contributed by atoms with van der Waals surface area (Å²) in [5, 5.41) is 0. The number of benzene rings is 1. The summed E-state index contributed by atoms with van der Waals surface area (Å²) < 4.78 is 10.7. The molecule has 0 bridgehead atoms. The van der Waals surface area contributed by atoms with Crippen LogP contribution in [0.2, 0.25) is 0 Å². The highest BCUT2D eigenvalue weighted by atomic mass is 16.6. The van der Waals surface area contributed by atoms with Crippen molar-refractivity contribution < 1.29 is 19.1 Å². The first-order valence-electron chi connectivity index (χ1n) is 9.53. The Labute approximate surface area is 151 Å². The molecular weight excluding hydrogens is 316 g/mol. The van der Waals surface area contributed by atoms with E-state index < -0.39 is 0 Å². The Bertz CT molecular complexity index is 522. The quantitative estimate of drug-likeness (QED) is 0.277. The van der Waals surface area contributed by atoms with Crippen LogP contribution in [0.1, 0.15) is 78.6 Å². The highest BCUT2D eigenvalue weighted by Crippen LogP contribution is 2.27. The number of hydrogen-bond acceptors (Lipinski definition) is 4. The molecule has 0 amide bonds. The van der Waals surface area contributed by atoms with Crippen molar-refractivity contribution in [1.82, 2.24) is 0 Å². The molecule has 0 aromatic heterocycles. The van der Waals surface area contributed by atoms with Gasteiger partial charge in [0.25, 0.3) is 0 Å². The number of hydrogen-bond donors (Lipinski definition) is 0. The molecule has 1 aromatic carbocycles. The van der Waals surface area contributed by atoms with E-state index in [1.165, 1.54) is 0 Å². The van der Waals surface area contributed by atoms with Gasteiger partial charge < -0.3 is 9.47 Å². The molecule has 0 unspecified atom stereocenters. The standard InChI is InChI=1S/C21H32O4/c1-4-5-6-7-15-20(22)24-18-13-9-10-14-19(18)25-21(23)16-11-8-12-17(2)3/h9-10,13-14,17H,4-8,11-12,15-16H2,1-3H3. The Kier molecular flexibility index (Phi) is 10.6. The van der Waals surface area contributed by atoms with Crippen molar-refractivity contribution in [2.75, 3.05) is 0 Å². The van der Waals surface area contributed by atoms with Crippen LogP contribution in [0.5, 0.6) is 11.5 Å². The number of carbonyl (C=O) groups excluding carboxylic acids is 2. The van der Waals surface area contributed by atoms with Crippen LogP contribution in [-0.4, -0.2) is 11.9 Å². The first-order chi connectivity index (χ1) is 12.0. The topological polar surface area (TPSA) is 52.6 Å². The zero-order valence-corrected chi connectivity index (χ0v) is 15.9. The molecule has 0 fully saturated rings. The van der Waals surface area contributed by atoms with Crippen molar-refractivity contribution in [2.24, 2.45) is 5.92 Å². The number of ether oxygens (including phenoxy) is 2. The van der Waals surface area contributed by atoms with E-state index in [1.807, 2.05) is 0 Å². The van der Waals surface area contributed by atoms with Gasteiger partial charge in [0.15, 0.2) is 11.5 Å². The average Bonchev–Trinajstić information content (AvgIpc) is 2.57. The van der Waals surface area contributed by atoms with E-state index in [9.17, 15) is 9.59 Å². The first-order valence-corrected chi connectivity index (χ1v) is 9.53. The fourth-order valence-electron chi connectivity index (χ4n) is 2.48. The van der Waals surface area contributed by atoms with Gasteiger partial charge in [-0.2, -0.15) is 0 Å². The second kappa shape index (κ2) is 12.5. The van der Waals surface area contributed by atoms with Crippen LogP contribution in [-0.2, 0) is 9.59 Å². The van der Waals surface area contributed by atoms with Crippen molar-refractivity contribution in [3.8, 4) is 11.5 Å². The normalized spacial score (nSPS) is 10.7. The number of carbonyl (C=O) groups is 2. The summed E-state index contributed by atoms with van der Waals surface area (Å²) in [5.41, 5.74) is 0. The van der Waals surface area contributed by atoms with E-state index in [-0.39, 0.29) is 11.9 Å². The van der Waals surface area contributed by atoms with Gasteiger partial charge in [0.1, 0.15) is 0 Å². The van der Waals surface area contributed by atoms with Crippen LogP contribution in [0.3, 0.4) is 0 Å². The summed E-state index contributed by atoms with van der Waals surface area (Å²) in [6, 6.07) is 6.84. The SMILES string of the molecule is CCCCCCC(=O)Oc1ccccc1OC(=O)CCCCC(C)C. The highest BCUT2D eigenvalue weighted by Gasteiger charge is 2.13. The van der Waals surface area contributed by atoms with Gasteiger partial charge >= 0.3 is 11.9 Å². The van der Waals surface area contributed by atoms with E-state index in [0.717, 1.165) is 44.9 Å². The monoisotopic (exact) mass is 348 g/mol. The molecule has 0 saturated carbocycles. The van der Waals surface area contributed by atoms with Crippen molar-refractivity contribution in [3.63, 3.8) is 0 Å². The molecule has 25 heavy (non-hydrogen) atoms. The van der Waals surface area contributed by atoms with Crippen LogP contribution in [0.4, 0.5) is 0 Å². The Hall–Kier alpha value is -1.84. The third-order valence-corrected chi connectivity index (χ3v) is 3.94. The zero-order chi connectivity index (χ0) is 18.5. The first kappa shape index (κ1) is 21.2. The summed E-state index contributed by atoms with van der Waals surface area (Å²) in [4.78, 5) is 23.9. The molecule has 0 radical (unpaired) electrons.